The molecule has 6 heteroatoms. The zero-order chi connectivity index (χ0) is 14.9. The van der Waals surface area contributed by atoms with Gasteiger partial charge in [-0.05, 0) is 18.2 Å². The van der Waals surface area contributed by atoms with Crippen LogP contribution in [0.4, 0.5) is 0 Å². The second-order valence-electron chi connectivity index (χ2n) is 5.38. The molecule has 1 unspecified atom stereocenters. The Labute approximate surface area is 133 Å². The third-order valence-electron chi connectivity index (χ3n) is 4.05. The first-order valence-electron chi connectivity index (χ1n) is 7.01. The number of nitrogens with zero attached hydrogens (tertiary/aromatic N) is 2. The topological polar surface area (TPSA) is 36.3 Å². The fourth-order valence-electron chi connectivity index (χ4n) is 2.83. The van der Waals surface area contributed by atoms with Gasteiger partial charge >= 0.3 is 0 Å². The van der Waals surface area contributed by atoms with Crippen LogP contribution in [0.1, 0.15) is 12.2 Å². The molecule has 1 aromatic heterocycles. The quantitative estimate of drug-likeness (QED) is 0.790. The Kier molecular flexibility index (Phi) is 4.41. The van der Waals surface area contributed by atoms with Crippen LogP contribution in [0.15, 0.2) is 18.2 Å². The molecule has 0 bridgehead atoms. The van der Waals surface area contributed by atoms with Gasteiger partial charge in [0.15, 0.2) is 0 Å². The molecule has 0 radical (unpaired) electrons. The molecule has 3 rings (SSSR count). The van der Waals surface area contributed by atoms with Crippen molar-refractivity contribution in [2.45, 2.75) is 25.0 Å². The number of hydrogen-bond donors (Lipinski definition) is 0. The number of aromatic nitrogens is 2. The van der Waals surface area contributed by atoms with Crippen LogP contribution in [-0.2, 0) is 22.4 Å². The van der Waals surface area contributed by atoms with Gasteiger partial charge in [-0.25, -0.2) is 4.98 Å². The highest BCUT2D eigenvalue weighted by atomic mass is 35.5. The summed E-state index contributed by atoms with van der Waals surface area (Å²) in [5, 5.41) is 0.690. The zero-order valence-electron chi connectivity index (χ0n) is 11.9. The van der Waals surface area contributed by atoms with Crippen molar-refractivity contribution in [3.05, 3.63) is 29.0 Å². The van der Waals surface area contributed by atoms with E-state index in [-0.39, 0.29) is 5.60 Å². The van der Waals surface area contributed by atoms with Crippen molar-refractivity contribution in [2.75, 3.05) is 26.2 Å². The lowest BCUT2D eigenvalue weighted by molar-refractivity contribution is -0.0292. The van der Waals surface area contributed by atoms with E-state index >= 15 is 0 Å². The SMILES string of the molecule is COC1(Cn2c(CCCl)nc3cc(Cl)ccc32)CCOC1. The molecule has 1 aliphatic heterocycles. The van der Waals surface area contributed by atoms with Gasteiger partial charge in [0.25, 0.3) is 0 Å². The lowest BCUT2D eigenvalue weighted by Crippen LogP contribution is -2.37. The largest absolute Gasteiger partial charge is 0.378 e. The lowest BCUT2D eigenvalue weighted by atomic mass is 10.0. The van der Waals surface area contributed by atoms with E-state index in [1.54, 1.807) is 7.11 Å². The number of halogens is 2. The van der Waals surface area contributed by atoms with Gasteiger partial charge in [0, 0.05) is 37.5 Å². The molecule has 114 valence electrons. The number of imidazole rings is 1. The van der Waals surface area contributed by atoms with E-state index in [4.69, 9.17) is 32.7 Å². The van der Waals surface area contributed by atoms with Crippen LogP contribution in [0.5, 0.6) is 0 Å². The Morgan fingerprint density at radius 2 is 2.33 bits per heavy atom. The Hall–Kier alpha value is -0.810. The fraction of sp³-hybridized carbons (Fsp3) is 0.533. The van der Waals surface area contributed by atoms with Crippen molar-refractivity contribution in [1.82, 2.24) is 9.55 Å². The fourth-order valence-corrected chi connectivity index (χ4v) is 3.17. The third kappa shape index (κ3) is 2.90. The molecule has 0 N–H and O–H groups in total. The number of benzene rings is 1. The molecule has 0 amide bonds. The maximum Gasteiger partial charge on any atom is 0.111 e. The van der Waals surface area contributed by atoms with Gasteiger partial charge in [-0.2, -0.15) is 0 Å². The van der Waals surface area contributed by atoms with Gasteiger partial charge in [-0.1, -0.05) is 11.6 Å². The van der Waals surface area contributed by atoms with E-state index in [0.29, 0.717) is 30.5 Å². The van der Waals surface area contributed by atoms with Crippen LogP contribution < -0.4 is 0 Å². The Morgan fingerprint density at radius 1 is 1.48 bits per heavy atom. The minimum atomic E-state index is -0.283. The molecule has 1 aromatic carbocycles. The summed E-state index contributed by atoms with van der Waals surface area (Å²) in [7, 11) is 1.74. The standard InChI is InChI=1S/C15H18Cl2N2O2/c1-20-15(5-7-21-10-15)9-19-13-3-2-11(17)8-12(13)18-14(19)4-6-16/h2-3,8H,4-7,9-10H2,1H3. The average molecular weight is 329 g/mol. The smallest absolute Gasteiger partial charge is 0.111 e. The number of hydrogen-bond acceptors (Lipinski definition) is 3. The van der Waals surface area contributed by atoms with Crippen LogP contribution in [0.2, 0.25) is 5.02 Å². The Morgan fingerprint density at radius 3 is 3.00 bits per heavy atom. The van der Waals surface area contributed by atoms with Gasteiger partial charge in [-0.15, -0.1) is 11.6 Å². The molecule has 0 aliphatic carbocycles. The second kappa shape index (κ2) is 6.13. The predicted octanol–water partition coefficient (Wildman–Crippen LogP) is 3.28. The number of aryl methyl sites for hydroxylation is 1. The molecular formula is C15H18Cl2N2O2. The van der Waals surface area contributed by atoms with Gasteiger partial charge in [0.1, 0.15) is 11.4 Å². The summed E-state index contributed by atoms with van der Waals surface area (Å²) in [6, 6.07) is 5.77. The average Bonchev–Trinajstić information content (AvgIpc) is 3.06. The molecular weight excluding hydrogens is 311 g/mol. The molecule has 1 atom stereocenters. The monoisotopic (exact) mass is 328 g/mol. The minimum absolute atomic E-state index is 0.283. The highest BCUT2D eigenvalue weighted by Crippen LogP contribution is 2.28. The maximum atomic E-state index is 6.06. The molecule has 4 nitrogen and oxygen atoms in total. The first kappa shape index (κ1) is 15.1. The summed E-state index contributed by atoms with van der Waals surface area (Å²) in [5.74, 6) is 1.50. The molecule has 21 heavy (non-hydrogen) atoms. The maximum absolute atomic E-state index is 6.06. The third-order valence-corrected chi connectivity index (χ3v) is 4.48. The summed E-state index contributed by atoms with van der Waals surface area (Å²) >= 11 is 12.0. The van der Waals surface area contributed by atoms with E-state index in [9.17, 15) is 0 Å². The van der Waals surface area contributed by atoms with E-state index in [1.807, 2.05) is 18.2 Å². The van der Waals surface area contributed by atoms with E-state index in [1.165, 1.54) is 0 Å². The van der Waals surface area contributed by atoms with Gasteiger partial charge in [0.05, 0.1) is 24.2 Å². The first-order valence-corrected chi connectivity index (χ1v) is 7.92. The minimum Gasteiger partial charge on any atom is -0.378 e. The van der Waals surface area contributed by atoms with Crippen molar-refractivity contribution >= 4 is 34.2 Å². The summed E-state index contributed by atoms with van der Waals surface area (Å²) in [4.78, 5) is 4.67. The summed E-state index contributed by atoms with van der Waals surface area (Å²) < 4.78 is 13.5. The van der Waals surface area contributed by atoms with E-state index < -0.39 is 0 Å². The van der Waals surface area contributed by atoms with Crippen molar-refractivity contribution < 1.29 is 9.47 Å². The molecule has 0 saturated carbocycles. The van der Waals surface area contributed by atoms with Gasteiger partial charge < -0.3 is 14.0 Å². The van der Waals surface area contributed by atoms with Crippen molar-refractivity contribution in [1.29, 1.82) is 0 Å². The Bertz CT molecular complexity index is 636. The van der Waals surface area contributed by atoms with Gasteiger partial charge in [-0.3, -0.25) is 0 Å². The van der Waals surface area contributed by atoms with Crippen molar-refractivity contribution in [2.24, 2.45) is 0 Å². The number of fused-ring (bicyclic) bond motifs is 1. The molecule has 1 aliphatic rings. The zero-order valence-corrected chi connectivity index (χ0v) is 13.5. The number of rotatable bonds is 5. The first-order chi connectivity index (χ1) is 10.2. The summed E-state index contributed by atoms with van der Waals surface area (Å²) in [6.45, 7) is 2.06. The van der Waals surface area contributed by atoms with E-state index in [2.05, 4.69) is 9.55 Å². The van der Waals surface area contributed by atoms with Crippen LogP contribution in [0, 0.1) is 0 Å². The van der Waals surface area contributed by atoms with Crippen molar-refractivity contribution in [3.8, 4) is 0 Å². The predicted molar refractivity (Wildman–Crippen MR) is 84.3 cm³/mol. The van der Waals surface area contributed by atoms with Crippen LogP contribution in [0.3, 0.4) is 0 Å². The highest BCUT2D eigenvalue weighted by molar-refractivity contribution is 6.31. The molecule has 1 saturated heterocycles. The number of ether oxygens (including phenoxy) is 2. The molecule has 1 fully saturated rings. The Balaban J connectivity index is 2.04. The van der Waals surface area contributed by atoms with E-state index in [0.717, 1.165) is 29.9 Å². The number of alkyl halides is 1. The second-order valence-corrected chi connectivity index (χ2v) is 6.19. The normalized spacial score (nSPS) is 22.2. The van der Waals surface area contributed by atoms with Gasteiger partial charge in [0.2, 0.25) is 0 Å². The highest BCUT2D eigenvalue weighted by Gasteiger charge is 2.36. The van der Waals surface area contributed by atoms with Crippen LogP contribution >= 0.6 is 23.2 Å². The summed E-state index contributed by atoms with van der Waals surface area (Å²) in [6.07, 6.45) is 1.60. The van der Waals surface area contributed by atoms with Crippen LogP contribution in [0.25, 0.3) is 11.0 Å². The van der Waals surface area contributed by atoms with Crippen molar-refractivity contribution in [3.63, 3.8) is 0 Å². The summed E-state index contributed by atoms with van der Waals surface area (Å²) in [5.41, 5.74) is 1.67. The molecule has 2 heterocycles. The lowest BCUT2D eigenvalue weighted by Gasteiger charge is -2.27. The number of methoxy groups -OCH3 is 1. The molecule has 2 aromatic rings. The van der Waals surface area contributed by atoms with Crippen LogP contribution in [-0.4, -0.2) is 41.4 Å². The molecule has 0 spiro atoms.